The summed E-state index contributed by atoms with van der Waals surface area (Å²) in [4.78, 5) is 25.1. The number of rotatable bonds is 6. The van der Waals surface area contributed by atoms with Gasteiger partial charge in [0.1, 0.15) is 6.54 Å². The van der Waals surface area contributed by atoms with Gasteiger partial charge < -0.3 is 5.32 Å². The molecular formula is C19H19N3O2S. The molecule has 0 bridgehead atoms. The third kappa shape index (κ3) is 4.42. The van der Waals surface area contributed by atoms with Crippen molar-refractivity contribution >= 4 is 17.2 Å². The number of aryl methyl sites for hydroxylation is 1. The summed E-state index contributed by atoms with van der Waals surface area (Å²) in [7, 11) is 0. The van der Waals surface area contributed by atoms with Crippen LogP contribution in [0.15, 0.2) is 58.7 Å². The van der Waals surface area contributed by atoms with Gasteiger partial charge in [-0.05, 0) is 29.5 Å². The highest BCUT2D eigenvalue weighted by atomic mass is 32.1. The molecule has 0 spiro atoms. The number of carbonyl (C=O) groups excluding carboxylic acids is 1. The van der Waals surface area contributed by atoms with Crippen molar-refractivity contribution in [3.05, 3.63) is 74.7 Å². The maximum absolute atomic E-state index is 12.1. The third-order valence-corrected chi connectivity index (χ3v) is 4.73. The van der Waals surface area contributed by atoms with Crippen molar-refractivity contribution < 1.29 is 4.79 Å². The number of nitrogens with one attached hydrogen (secondary N) is 1. The minimum absolute atomic E-state index is 0.0922. The normalized spacial score (nSPS) is 10.6. The van der Waals surface area contributed by atoms with E-state index in [1.807, 2.05) is 41.8 Å². The summed E-state index contributed by atoms with van der Waals surface area (Å²) in [5.74, 6) is -0.235. The van der Waals surface area contributed by atoms with Crippen molar-refractivity contribution in [3.63, 3.8) is 0 Å². The Hall–Kier alpha value is -2.73. The molecule has 25 heavy (non-hydrogen) atoms. The lowest BCUT2D eigenvalue weighted by molar-refractivity contribution is -0.122. The zero-order valence-electron chi connectivity index (χ0n) is 13.9. The number of nitrogens with zero attached hydrogens (tertiary/aromatic N) is 2. The maximum Gasteiger partial charge on any atom is 0.267 e. The Labute approximate surface area is 150 Å². The van der Waals surface area contributed by atoms with E-state index >= 15 is 0 Å². The predicted molar refractivity (Wildman–Crippen MR) is 99.5 cm³/mol. The van der Waals surface area contributed by atoms with Gasteiger partial charge in [-0.25, -0.2) is 4.68 Å². The van der Waals surface area contributed by atoms with Crippen molar-refractivity contribution in [1.82, 2.24) is 15.1 Å². The lowest BCUT2D eigenvalue weighted by Gasteiger charge is -2.08. The fourth-order valence-electron chi connectivity index (χ4n) is 2.42. The Balaban J connectivity index is 1.72. The molecular weight excluding hydrogens is 334 g/mol. The van der Waals surface area contributed by atoms with Gasteiger partial charge >= 0.3 is 0 Å². The fraction of sp³-hybridized carbons (Fsp3) is 0.211. The first-order valence-electron chi connectivity index (χ1n) is 8.12. The van der Waals surface area contributed by atoms with Crippen LogP contribution in [0.4, 0.5) is 0 Å². The molecule has 2 aromatic heterocycles. The Morgan fingerprint density at radius 1 is 1.16 bits per heavy atom. The van der Waals surface area contributed by atoms with Gasteiger partial charge in [0.25, 0.3) is 5.56 Å². The summed E-state index contributed by atoms with van der Waals surface area (Å²) in [5.41, 5.74) is 2.54. The van der Waals surface area contributed by atoms with Crippen LogP contribution in [0.25, 0.3) is 11.3 Å². The van der Waals surface area contributed by atoms with Crippen LogP contribution < -0.4 is 10.9 Å². The van der Waals surface area contributed by atoms with Crippen LogP contribution in [0.2, 0.25) is 0 Å². The molecule has 0 saturated heterocycles. The van der Waals surface area contributed by atoms with Gasteiger partial charge in [-0.2, -0.15) is 5.10 Å². The molecule has 0 saturated carbocycles. The number of aromatic nitrogens is 2. The molecule has 5 nitrogen and oxygen atoms in total. The van der Waals surface area contributed by atoms with E-state index in [1.165, 1.54) is 16.3 Å². The van der Waals surface area contributed by atoms with E-state index in [9.17, 15) is 9.59 Å². The minimum Gasteiger partial charge on any atom is -0.350 e. The fourth-order valence-corrected chi connectivity index (χ4v) is 3.06. The van der Waals surface area contributed by atoms with Crippen molar-refractivity contribution in [2.24, 2.45) is 0 Å². The second-order valence-electron chi connectivity index (χ2n) is 5.62. The van der Waals surface area contributed by atoms with Crippen LogP contribution in [0, 0.1) is 0 Å². The molecule has 0 aliphatic heterocycles. The first-order chi connectivity index (χ1) is 12.2. The molecule has 0 fully saturated rings. The number of amides is 1. The Morgan fingerprint density at radius 3 is 2.64 bits per heavy atom. The number of thiophene rings is 1. The summed E-state index contributed by atoms with van der Waals surface area (Å²) >= 11 is 1.58. The largest absolute Gasteiger partial charge is 0.350 e. The lowest BCUT2D eigenvalue weighted by Crippen LogP contribution is -2.33. The van der Waals surface area contributed by atoms with E-state index in [4.69, 9.17) is 0 Å². The SMILES string of the molecule is CCc1ccc(-c2ccc(=O)n(CC(=O)NCc3cccs3)n2)cc1. The average molecular weight is 353 g/mol. The van der Waals surface area contributed by atoms with E-state index < -0.39 is 0 Å². The van der Waals surface area contributed by atoms with Crippen molar-refractivity contribution in [3.8, 4) is 11.3 Å². The highest BCUT2D eigenvalue weighted by Crippen LogP contribution is 2.16. The standard InChI is InChI=1S/C19H19N3O2S/c1-2-14-5-7-15(8-6-14)17-9-10-19(24)22(21-17)13-18(23)20-12-16-4-3-11-25-16/h3-11H,2,12-13H2,1H3,(H,20,23). The summed E-state index contributed by atoms with van der Waals surface area (Å²) in [5, 5.41) is 9.09. The van der Waals surface area contributed by atoms with E-state index in [1.54, 1.807) is 17.4 Å². The highest BCUT2D eigenvalue weighted by Gasteiger charge is 2.08. The zero-order chi connectivity index (χ0) is 17.6. The van der Waals surface area contributed by atoms with Gasteiger partial charge in [0, 0.05) is 16.5 Å². The number of carbonyl (C=O) groups is 1. The molecule has 2 heterocycles. The molecule has 1 amide bonds. The topological polar surface area (TPSA) is 64.0 Å². The van der Waals surface area contributed by atoms with Crippen LogP contribution in [-0.4, -0.2) is 15.7 Å². The zero-order valence-corrected chi connectivity index (χ0v) is 14.8. The highest BCUT2D eigenvalue weighted by molar-refractivity contribution is 7.09. The summed E-state index contributed by atoms with van der Waals surface area (Å²) in [6.07, 6.45) is 0.970. The summed E-state index contributed by atoms with van der Waals surface area (Å²) in [6.45, 7) is 2.47. The lowest BCUT2D eigenvalue weighted by atomic mass is 10.1. The monoisotopic (exact) mass is 353 g/mol. The van der Waals surface area contributed by atoms with Gasteiger partial charge in [-0.1, -0.05) is 37.3 Å². The van der Waals surface area contributed by atoms with Crippen LogP contribution in [0.3, 0.4) is 0 Å². The molecule has 3 aromatic rings. The number of hydrogen-bond donors (Lipinski definition) is 1. The molecule has 0 unspecified atom stereocenters. The van der Waals surface area contributed by atoms with Crippen LogP contribution in [0.1, 0.15) is 17.4 Å². The first kappa shape index (κ1) is 17.1. The molecule has 3 rings (SSSR count). The maximum atomic E-state index is 12.1. The molecule has 128 valence electrons. The van der Waals surface area contributed by atoms with E-state index in [0.29, 0.717) is 12.2 Å². The van der Waals surface area contributed by atoms with Crippen LogP contribution >= 0.6 is 11.3 Å². The Kier molecular flexibility index (Phi) is 5.40. The third-order valence-electron chi connectivity index (χ3n) is 3.86. The Bertz CT molecular complexity index is 899. The second-order valence-corrected chi connectivity index (χ2v) is 6.65. The molecule has 0 aliphatic rings. The van der Waals surface area contributed by atoms with Crippen molar-refractivity contribution in [1.29, 1.82) is 0 Å². The minimum atomic E-state index is -0.291. The molecule has 6 heteroatoms. The van der Waals surface area contributed by atoms with Crippen molar-refractivity contribution in [2.75, 3.05) is 0 Å². The Morgan fingerprint density at radius 2 is 1.96 bits per heavy atom. The predicted octanol–water partition coefficient (Wildman–Crippen LogP) is 2.85. The van der Waals surface area contributed by atoms with Gasteiger partial charge in [-0.15, -0.1) is 11.3 Å². The molecule has 1 aromatic carbocycles. The first-order valence-corrected chi connectivity index (χ1v) is 9.00. The van der Waals surface area contributed by atoms with E-state index in [0.717, 1.165) is 16.9 Å². The van der Waals surface area contributed by atoms with Crippen molar-refractivity contribution in [2.45, 2.75) is 26.4 Å². The van der Waals surface area contributed by atoms with E-state index in [2.05, 4.69) is 17.3 Å². The van der Waals surface area contributed by atoms with Gasteiger partial charge in [0.15, 0.2) is 0 Å². The smallest absolute Gasteiger partial charge is 0.267 e. The van der Waals surface area contributed by atoms with E-state index in [-0.39, 0.29) is 18.0 Å². The van der Waals surface area contributed by atoms with Gasteiger partial charge in [0.2, 0.25) is 5.91 Å². The molecule has 1 N–H and O–H groups in total. The quantitative estimate of drug-likeness (QED) is 0.741. The average Bonchev–Trinajstić information content (AvgIpc) is 3.15. The van der Waals surface area contributed by atoms with Gasteiger partial charge in [0.05, 0.1) is 12.2 Å². The molecule has 0 aliphatic carbocycles. The van der Waals surface area contributed by atoms with Crippen LogP contribution in [0.5, 0.6) is 0 Å². The van der Waals surface area contributed by atoms with Gasteiger partial charge in [-0.3, -0.25) is 9.59 Å². The number of benzene rings is 1. The molecule has 0 atom stereocenters. The van der Waals surface area contributed by atoms with Crippen LogP contribution in [-0.2, 0) is 24.3 Å². The summed E-state index contributed by atoms with van der Waals surface area (Å²) < 4.78 is 1.20. The second kappa shape index (κ2) is 7.90. The summed E-state index contributed by atoms with van der Waals surface area (Å²) in [6, 6.07) is 15.1. The molecule has 0 radical (unpaired) electrons. The number of hydrogen-bond acceptors (Lipinski definition) is 4.